The minimum atomic E-state index is -3.86. The number of amides is 1. The summed E-state index contributed by atoms with van der Waals surface area (Å²) in [6.45, 7) is 20.0. The van der Waals surface area contributed by atoms with Gasteiger partial charge in [0.25, 0.3) is 0 Å². The third kappa shape index (κ3) is 7.81. The molecule has 216 valence electrons. The monoisotopic (exact) mass is 569 g/mol. The van der Waals surface area contributed by atoms with E-state index in [1.54, 1.807) is 65.0 Å². The van der Waals surface area contributed by atoms with Gasteiger partial charge in [-0.15, -0.1) is 0 Å². The molecule has 8 nitrogen and oxygen atoms in total. The molecule has 1 saturated heterocycles. The zero-order chi connectivity index (χ0) is 28.7. The first-order valence-corrected chi connectivity index (χ1v) is 18.0. The van der Waals surface area contributed by atoms with Gasteiger partial charge in [-0.25, -0.2) is 13.2 Å². The van der Waals surface area contributed by atoms with Crippen molar-refractivity contribution >= 4 is 24.2 Å². The molecule has 1 aliphatic carbocycles. The Labute approximate surface area is 230 Å². The molecule has 1 aromatic carbocycles. The number of sulfone groups is 1. The molecule has 10 heteroatoms. The van der Waals surface area contributed by atoms with Gasteiger partial charge in [0.15, 0.2) is 23.9 Å². The lowest BCUT2D eigenvalue weighted by atomic mass is 10.0. The molecule has 1 aliphatic heterocycles. The van der Waals surface area contributed by atoms with Crippen LogP contribution in [0.15, 0.2) is 35.2 Å². The zero-order valence-corrected chi connectivity index (χ0v) is 26.5. The second kappa shape index (κ2) is 10.8. The number of ether oxygens (including phenoxy) is 3. The lowest BCUT2D eigenvalue weighted by Crippen LogP contribution is -2.55. The molecule has 1 amide bonds. The van der Waals surface area contributed by atoms with Crippen LogP contribution in [0.1, 0.15) is 68.2 Å². The highest BCUT2D eigenvalue weighted by Crippen LogP contribution is 2.47. The largest absolute Gasteiger partial charge is 0.444 e. The fraction of sp³-hybridized carbons (Fsp3) is 0.750. The summed E-state index contributed by atoms with van der Waals surface area (Å²) in [5.41, 5.74) is -0.743. The van der Waals surface area contributed by atoms with E-state index in [0.717, 1.165) is 6.42 Å². The molecule has 2 aliphatic rings. The number of carbonyl (C=O) groups excluding carboxylic acids is 1. The van der Waals surface area contributed by atoms with Crippen LogP contribution in [0, 0.1) is 5.92 Å². The number of nitrogens with one attached hydrogen (secondary N) is 1. The summed E-state index contributed by atoms with van der Waals surface area (Å²) in [6, 6.07) is 7.51. The van der Waals surface area contributed by atoms with Crippen molar-refractivity contribution in [3.05, 3.63) is 30.3 Å². The highest BCUT2D eigenvalue weighted by Gasteiger charge is 2.52. The van der Waals surface area contributed by atoms with Crippen LogP contribution in [0.25, 0.3) is 0 Å². The fourth-order valence-corrected chi connectivity index (χ4v) is 7.89. The molecule has 5 atom stereocenters. The number of rotatable bonds is 9. The lowest BCUT2D eigenvalue weighted by Gasteiger charge is -2.36. The Hall–Kier alpha value is -1.46. The quantitative estimate of drug-likeness (QED) is 0.382. The van der Waals surface area contributed by atoms with Crippen LogP contribution in [0.4, 0.5) is 4.79 Å². The van der Waals surface area contributed by atoms with Crippen LogP contribution in [-0.2, 0) is 28.5 Å². The van der Waals surface area contributed by atoms with Crippen molar-refractivity contribution in [2.75, 3.05) is 6.61 Å². The van der Waals surface area contributed by atoms with Crippen molar-refractivity contribution in [3.63, 3.8) is 0 Å². The smallest absolute Gasteiger partial charge is 0.408 e. The van der Waals surface area contributed by atoms with Crippen molar-refractivity contribution < 1.29 is 31.8 Å². The van der Waals surface area contributed by atoms with Crippen molar-refractivity contribution in [1.82, 2.24) is 5.32 Å². The summed E-state index contributed by atoms with van der Waals surface area (Å²) in [7, 11) is -5.88. The SMILES string of the molecule is CC(C)(C)OC(=O)N[C@H]([C@@H](C[C@H]1C[C@H]1O[Si](C)(C)C(C)(C)C)S(=O)(=O)c1ccccc1)[C@H]1COC(C)(C)O1. The van der Waals surface area contributed by atoms with Gasteiger partial charge in [0.1, 0.15) is 11.7 Å². The zero-order valence-electron chi connectivity index (χ0n) is 24.7. The summed E-state index contributed by atoms with van der Waals surface area (Å²) in [4.78, 5) is 13.2. The van der Waals surface area contributed by atoms with Gasteiger partial charge in [0, 0.05) is 6.10 Å². The van der Waals surface area contributed by atoms with E-state index in [2.05, 4.69) is 39.2 Å². The van der Waals surface area contributed by atoms with Gasteiger partial charge in [-0.1, -0.05) is 39.0 Å². The van der Waals surface area contributed by atoms with Crippen LogP contribution < -0.4 is 5.32 Å². The average Bonchev–Trinajstić information content (AvgIpc) is 3.37. The maximum atomic E-state index is 14.2. The highest BCUT2D eigenvalue weighted by atomic mass is 32.2. The van der Waals surface area contributed by atoms with E-state index in [1.807, 2.05) is 0 Å². The first kappa shape index (κ1) is 31.1. The Kier molecular flexibility index (Phi) is 8.86. The van der Waals surface area contributed by atoms with Crippen LogP contribution in [-0.4, -0.2) is 64.3 Å². The van der Waals surface area contributed by atoms with Gasteiger partial charge in [0.2, 0.25) is 0 Å². The van der Waals surface area contributed by atoms with E-state index in [4.69, 9.17) is 18.6 Å². The van der Waals surface area contributed by atoms with Crippen molar-refractivity contribution in [2.45, 2.75) is 126 Å². The summed E-state index contributed by atoms with van der Waals surface area (Å²) >= 11 is 0. The van der Waals surface area contributed by atoms with Crippen molar-refractivity contribution in [1.29, 1.82) is 0 Å². The Balaban J connectivity index is 1.95. The predicted molar refractivity (Wildman–Crippen MR) is 150 cm³/mol. The molecule has 0 unspecified atom stereocenters. The molecule has 38 heavy (non-hydrogen) atoms. The van der Waals surface area contributed by atoms with Gasteiger partial charge in [-0.05, 0) is 83.6 Å². The normalized spacial score (nSPS) is 25.5. The second-order valence-electron chi connectivity index (χ2n) is 13.6. The lowest BCUT2D eigenvalue weighted by molar-refractivity contribution is -0.141. The second-order valence-corrected chi connectivity index (χ2v) is 20.5. The molecule has 3 rings (SSSR count). The molecular weight excluding hydrogens is 522 g/mol. The van der Waals surface area contributed by atoms with E-state index < -0.39 is 53.0 Å². The molecule has 0 bridgehead atoms. The number of benzene rings is 1. The van der Waals surface area contributed by atoms with Gasteiger partial charge in [0.05, 0.1) is 22.8 Å². The maximum absolute atomic E-state index is 14.2. The topological polar surface area (TPSA) is 100 Å². The summed E-state index contributed by atoms with van der Waals surface area (Å²) in [5, 5.41) is 1.96. The van der Waals surface area contributed by atoms with E-state index in [1.165, 1.54) is 0 Å². The molecule has 1 saturated carbocycles. The van der Waals surface area contributed by atoms with Crippen LogP contribution in [0.3, 0.4) is 0 Å². The Morgan fingerprint density at radius 1 is 1.13 bits per heavy atom. The minimum Gasteiger partial charge on any atom is -0.444 e. The van der Waals surface area contributed by atoms with Gasteiger partial charge < -0.3 is 24.0 Å². The Bertz CT molecular complexity index is 1080. The Morgan fingerprint density at radius 2 is 1.74 bits per heavy atom. The van der Waals surface area contributed by atoms with Crippen LogP contribution in [0.5, 0.6) is 0 Å². The van der Waals surface area contributed by atoms with E-state index in [9.17, 15) is 13.2 Å². The van der Waals surface area contributed by atoms with E-state index >= 15 is 0 Å². The predicted octanol–water partition coefficient (Wildman–Crippen LogP) is 5.67. The van der Waals surface area contributed by atoms with E-state index in [-0.39, 0.29) is 28.6 Å². The molecule has 1 aromatic rings. The van der Waals surface area contributed by atoms with E-state index in [0.29, 0.717) is 6.42 Å². The average molecular weight is 570 g/mol. The first-order chi connectivity index (χ1) is 17.2. The number of hydrogen-bond acceptors (Lipinski definition) is 7. The minimum absolute atomic E-state index is 0.00345. The number of hydrogen-bond donors (Lipinski definition) is 1. The van der Waals surface area contributed by atoms with Crippen molar-refractivity contribution in [2.24, 2.45) is 5.92 Å². The molecule has 1 N–H and O–H groups in total. The van der Waals surface area contributed by atoms with Crippen LogP contribution >= 0.6 is 0 Å². The molecule has 2 fully saturated rings. The van der Waals surface area contributed by atoms with Gasteiger partial charge in [-0.3, -0.25) is 0 Å². The number of alkyl carbamates (subject to hydrolysis) is 1. The standard InChI is InChI=1S/C28H47NO7SSi/c1-26(2,3)35-25(30)29-24(22-18-33-28(7,8)34-22)23(37(31,32)20-14-12-11-13-15-20)17-19-16-21(19)36-38(9,10)27(4,5)6/h11-15,19,21-24H,16-18H2,1-10H3,(H,29,30)/t19-,21-,22-,23-,24+/m1/s1. The van der Waals surface area contributed by atoms with Gasteiger partial charge >= 0.3 is 6.09 Å². The van der Waals surface area contributed by atoms with Gasteiger partial charge in [-0.2, -0.15) is 0 Å². The third-order valence-corrected chi connectivity index (χ3v) is 14.3. The molecule has 0 aromatic heterocycles. The Morgan fingerprint density at radius 3 is 2.24 bits per heavy atom. The maximum Gasteiger partial charge on any atom is 0.408 e. The molecule has 0 radical (unpaired) electrons. The first-order valence-electron chi connectivity index (χ1n) is 13.5. The molecule has 1 heterocycles. The van der Waals surface area contributed by atoms with Crippen LogP contribution in [0.2, 0.25) is 18.1 Å². The number of carbonyl (C=O) groups is 1. The summed E-state index contributed by atoms with van der Waals surface area (Å²) in [6.07, 6.45) is -0.228. The molecule has 0 spiro atoms. The summed E-state index contributed by atoms with van der Waals surface area (Å²) in [5.74, 6) is -0.835. The summed E-state index contributed by atoms with van der Waals surface area (Å²) < 4.78 is 52.4. The molecular formula is C28H47NO7SSi. The van der Waals surface area contributed by atoms with Crippen molar-refractivity contribution in [3.8, 4) is 0 Å². The fourth-order valence-electron chi connectivity index (χ4n) is 4.48. The highest BCUT2D eigenvalue weighted by molar-refractivity contribution is 7.92. The third-order valence-electron chi connectivity index (χ3n) is 7.63.